The summed E-state index contributed by atoms with van der Waals surface area (Å²) in [6.45, 7) is 7.10. The van der Waals surface area contributed by atoms with Gasteiger partial charge in [-0.25, -0.2) is 0 Å². The molecule has 1 N–H and O–H groups in total. The third-order valence-corrected chi connectivity index (χ3v) is 4.57. The lowest BCUT2D eigenvalue weighted by Gasteiger charge is -2.40. The van der Waals surface area contributed by atoms with Crippen LogP contribution in [0.1, 0.15) is 18.1 Å². The van der Waals surface area contributed by atoms with Gasteiger partial charge in [-0.05, 0) is 31.5 Å². The predicted molar refractivity (Wildman–Crippen MR) is 95.6 cm³/mol. The van der Waals surface area contributed by atoms with Crippen LogP contribution < -0.4 is 4.74 Å². The van der Waals surface area contributed by atoms with Crippen LogP contribution in [-0.4, -0.2) is 58.7 Å². The van der Waals surface area contributed by atoms with Crippen LogP contribution in [0.2, 0.25) is 0 Å². The molecule has 3 rings (SSSR count). The molecule has 0 bridgehead atoms. The molecule has 0 saturated carbocycles. The van der Waals surface area contributed by atoms with Crippen molar-refractivity contribution in [2.24, 2.45) is 7.05 Å². The number of aromatic nitrogens is 2. The van der Waals surface area contributed by atoms with Crippen molar-refractivity contribution in [2.75, 3.05) is 32.8 Å². The average molecular weight is 345 g/mol. The normalized spacial score (nSPS) is 22.7. The highest BCUT2D eigenvalue weighted by Gasteiger charge is 2.35. The number of aryl methyl sites for hydroxylation is 2. The summed E-state index contributed by atoms with van der Waals surface area (Å²) in [5.41, 5.74) is 1.81. The first-order valence-corrected chi connectivity index (χ1v) is 8.67. The smallest absolute Gasteiger partial charge is 0.119 e. The number of aliphatic hydroxyl groups excluding tert-OH is 1. The first-order chi connectivity index (χ1) is 11.9. The number of rotatable bonds is 6. The van der Waals surface area contributed by atoms with E-state index in [1.807, 2.05) is 50.6 Å². The number of hydrogen-bond donors (Lipinski definition) is 1. The van der Waals surface area contributed by atoms with E-state index in [0.717, 1.165) is 30.0 Å². The Hall–Kier alpha value is -1.89. The highest BCUT2D eigenvalue weighted by molar-refractivity contribution is 5.27. The molecule has 0 amide bonds. The van der Waals surface area contributed by atoms with Gasteiger partial charge in [-0.1, -0.05) is 12.1 Å². The fourth-order valence-corrected chi connectivity index (χ4v) is 3.22. The van der Waals surface area contributed by atoms with Gasteiger partial charge in [0.05, 0.1) is 12.8 Å². The van der Waals surface area contributed by atoms with Gasteiger partial charge in [0.25, 0.3) is 0 Å². The molecule has 25 heavy (non-hydrogen) atoms. The van der Waals surface area contributed by atoms with E-state index < -0.39 is 11.7 Å². The second kappa shape index (κ2) is 7.56. The molecule has 2 unspecified atom stereocenters. The van der Waals surface area contributed by atoms with Crippen molar-refractivity contribution in [2.45, 2.75) is 25.6 Å². The van der Waals surface area contributed by atoms with Crippen molar-refractivity contribution in [1.29, 1.82) is 0 Å². The maximum Gasteiger partial charge on any atom is 0.119 e. The number of β-amino-alcohol motifs (C(OH)–C–C–N with tert-alkyl or cyclic N) is 1. The van der Waals surface area contributed by atoms with E-state index >= 15 is 0 Å². The van der Waals surface area contributed by atoms with Crippen LogP contribution in [0.5, 0.6) is 5.75 Å². The number of aliphatic hydroxyl groups is 1. The van der Waals surface area contributed by atoms with Gasteiger partial charge in [-0.15, -0.1) is 0 Å². The second-order valence-corrected chi connectivity index (χ2v) is 7.00. The lowest BCUT2D eigenvalue weighted by molar-refractivity contribution is -0.110. The first kappa shape index (κ1) is 17.9. The molecule has 2 aromatic rings. The zero-order chi connectivity index (χ0) is 17.9. The molecule has 0 aliphatic carbocycles. The third-order valence-electron chi connectivity index (χ3n) is 4.57. The van der Waals surface area contributed by atoms with Gasteiger partial charge in [-0.2, -0.15) is 5.10 Å². The molecule has 1 fully saturated rings. The number of hydrogen-bond acceptors (Lipinski definition) is 5. The van der Waals surface area contributed by atoms with Gasteiger partial charge in [0.1, 0.15) is 24.1 Å². The molecule has 0 spiro atoms. The molecule has 2 atom stereocenters. The maximum atomic E-state index is 10.4. The Bertz CT molecular complexity index is 703. The van der Waals surface area contributed by atoms with Gasteiger partial charge < -0.3 is 14.6 Å². The van der Waals surface area contributed by atoms with Gasteiger partial charge in [0.2, 0.25) is 0 Å². The number of benzene rings is 1. The van der Waals surface area contributed by atoms with Gasteiger partial charge in [0, 0.05) is 38.4 Å². The lowest BCUT2D eigenvalue weighted by atomic mass is 9.97. The van der Waals surface area contributed by atoms with Crippen LogP contribution in [0.3, 0.4) is 0 Å². The average Bonchev–Trinajstić information content (AvgIpc) is 3.01. The molecule has 1 aromatic heterocycles. The van der Waals surface area contributed by atoms with Crippen LogP contribution in [0.25, 0.3) is 0 Å². The predicted octanol–water partition coefficient (Wildman–Crippen LogP) is 1.72. The molecule has 6 heteroatoms. The zero-order valence-corrected chi connectivity index (χ0v) is 15.2. The van der Waals surface area contributed by atoms with Crippen molar-refractivity contribution in [3.63, 3.8) is 0 Å². The van der Waals surface area contributed by atoms with E-state index in [1.165, 1.54) is 0 Å². The van der Waals surface area contributed by atoms with Crippen LogP contribution >= 0.6 is 0 Å². The van der Waals surface area contributed by atoms with Crippen molar-refractivity contribution < 1.29 is 14.6 Å². The monoisotopic (exact) mass is 345 g/mol. The minimum absolute atomic E-state index is 0.282. The van der Waals surface area contributed by atoms with Crippen LogP contribution in [-0.2, 0) is 17.4 Å². The van der Waals surface area contributed by atoms with E-state index in [-0.39, 0.29) is 6.61 Å². The molecule has 6 nitrogen and oxygen atoms in total. The van der Waals surface area contributed by atoms with Crippen molar-refractivity contribution in [3.05, 3.63) is 47.8 Å². The van der Waals surface area contributed by atoms with E-state index in [0.29, 0.717) is 13.2 Å². The topological polar surface area (TPSA) is 59.8 Å². The van der Waals surface area contributed by atoms with E-state index in [4.69, 9.17) is 9.47 Å². The summed E-state index contributed by atoms with van der Waals surface area (Å²) in [4.78, 5) is 2.22. The second-order valence-electron chi connectivity index (χ2n) is 7.00. The Morgan fingerprint density at radius 2 is 2.28 bits per heavy atom. The molecule has 1 aliphatic heterocycles. The molecule has 1 aliphatic rings. The van der Waals surface area contributed by atoms with E-state index in [2.05, 4.69) is 16.9 Å². The Morgan fingerprint density at radius 3 is 3.00 bits per heavy atom. The molecule has 0 radical (unpaired) electrons. The summed E-state index contributed by atoms with van der Waals surface area (Å²) in [7, 11) is 1.90. The maximum absolute atomic E-state index is 10.4. The summed E-state index contributed by atoms with van der Waals surface area (Å²) < 4.78 is 13.5. The molecule has 1 aromatic carbocycles. The quantitative estimate of drug-likeness (QED) is 0.864. The lowest BCUT2D eigenvalue weighted by Crippen LogP contribution is -2.50. The van der Waals surface area contributed by atoms with Gasteiger partial charge >= 0.3 is 0 Å². The fourth-order valence-electron chi connectivity index (χ4n) is 3.22. The summed E-state index contributed by atoms with van der Waals surface area (Å²) in [6.07, 6.45) is 3.29. The summed E-state index contributed by atoms with van der Waals surface area (Å²) in [6, 6.07) is 7.86. The Kier molecular flexibility index (Phi) is 5.42. The largest absolute Gasteiger partial charge is 0.491 e. The Morgan fingerprint density at radius 1 is 1.44 bits per heavy atom. The number of morpholine rings is 1. The van der Waals surface area contributed by atoms with E-state index in [1.54, 1.807) is 4.68 Å². The molecule has 2 heterocycles. The summed E-state index contributed by atoms with van der Waals surface area (Å²) >= 11 is 0. The molecular weight excluding hydrogens is 318 g/mol. The van der Waals surface area contributed by atoms with Crippen molar-refractivity contribution in [1.82, 2.24) is 14.7 Å². The third kappa shape index (κ3) is 4.60. The van der Waals surface area contributed by atoms with Crippen LogP contribution in [0.15, 0.2) is 36.7 Å². The number of nitrogens with zero attached hydrogens (tertiary/aromatic N) is 3. The minimum atomic E-state index is -0.545. The minimum Gasteiger partial charge on any atom is -0.491 e. The SMILES string of the molecule is Cc1cccc(OCC(O)CN2CCOC(C)(c3cnn(C)c3)C2)c1. The molecular formula is C19H27N3O3. The standard InChI is InChI=1S/C19H27N3O3/c1-15-5-4-6-18(9-15)24-13-17(23)12-22-7-8-25-19(2,14-22)16-10-20-21(3)11-16/h4-6,9-11,17,23H,7-8,12-14H2,1-3H3. The first-order valence-electron chi connectivity index (χ1n) is 8.67. The van der Waals surface area contributed by atoms with Gasteiger partial charge in [0.15, 0.2) is 0 Å². The van der Waals surface area contributed by atoms with Gasteiger partial charge in [-0.3, -0.25) is 9.58 Å². The molecule has 1 saturated heterocycles. The Labute approximate surface area is 149 Å². The van der Waals surface area contributed by atoms with Crippen LogP contribution in [0.4, 0.5) is 0 Å². The number of ether oxygens (including phenoxy) is 2. The fraction of sp³-hybridized carbons (Fsp3) is 0.526. The Balaban J connectivity index is 1.53. The highest BCUT2D eigenvalue weighted by Crippen LogP contribution is 2.29. The van der Waals surface area contributed by atoms with Crippen LogP contribution in [0, 0.1) is 6.92 Å². The highest BCUT2D eigenvalue weighted by atomic mass is 16.5. The molecule has 136 valence electrons. The van der Waals surface area contributed by atoms with Crippen molar-refractivity contribution in [3.8, 4) is 5.75 Å². The van der Waals surface area contributed by atoms with Crippen molar-refractivity contribution >= 4 is 0 Å². The zero-order valence-electron chi connectivity index (χ0n) is 15.2. The van der Waals surface area contributed by atoms with E-state index in [9.17, 15) is 5.11 Å². The summed E-state index contributed by atoms with van der Waals surface area (Å²) in [5.74, 6) is 0.793. The summed E-state index contributed by atoms with van der Waals surface area (Å²) in [5, 5.41) is 14.6.